The molecule has 2 heterocycles. The molecule has 0 radical (unpaired) electrons. The van der Waals surface area contributed by atoms with E-state index in [4.69, 9.17) is 0 Å². The minimum absolute atomic E-state index is 0.149. The summed E-state index contributed by atoms with van der Waals surface area (Å²) in [5.74, 6) is 0.435. The third-order valence-electron chi connectivity index (χ3n) is 4.87. The summed E-state index contributed by atoms with van der Waals surface area (Å²) < 4.78 is 29.0. The highest BCUT2D eigenvalue weighted by atomic mass is 32.2. The van der Waals surface area contributed by atoms with Crippen LogP contribution < -0.4 is 5.32 Å². The Morgan fingerprint density at radius 1 is 1.19 bits per heavy atom. The van der Waals surface area contributed by atoms with Gasteiger partial charge >= 0.3 is 0 Å². The van der Waals surface area contributed by atoms with Crippen LogP contribution in [-0.4, -0.2) is 81.8 Å². The van der Waals surface area contributed by atoms with Gasteiger partial charge in [0.25, 0.3) is 10.2 Å². The molecule has 0 spiro atoms. The molecule has 2 aliphatic rings. The molecule has 124 valence electrons. The lowest BCUT2D eigenvalue weighted by Crippen LogP contribution is -2.52. The molecule has 2 rings (SSSR count). The van der Waals surface area contributed by atoms with Crippen LogP contribution in [0.5, 0.6) is 0 Å². The van der Waals surface area contributed by atoms with E-state index in [9.17, 15) is 8.42 Å². The van der Waals surface area contributed by atoms with Gasteiger partial charge in [0.05, 0.1) is 0 Å². The van der Waals surface area contributed by atoms with Gasteiger partial charge in [-0.3, -0.25) is 0 Å². The lowest BCUT2D eigenvalue weighted by atomic mass is 10.00. The number of likely N-dealkylation sites (tertiary alicyclic amines) is 1. The van der Waals surface area contributed by atoms with Gasteiger partial charge in [0, 0.05) is 26.2 Å². The molecule has 2 aliphatic heterocycles. The lowest BCUT2D eigenvalue weighted by molar-refractivity contribution is 0.183. The largest absolute Gasteiger partial charge is 0.319 e. The Balaban J connectivity index is 1.99. The number of rotatable bonds is 5. The molecule has 7 heteroatoms. The van der Waals surface area contributed by atoms with Gasteiger partial charge in [-0.2, -0.15) is 17.0 Å². The molecule has 0 aliphatic carbocycles. The summed E-state index contributed by atoms with van der Waals surface area (Å²) in [5, 5.41) is 3.17. The van der Waals surface area contributed by atoms with Crippen molar-refractivity contribution in [3.63, 3.8) is 0 Å². The SMILES string of the molecule is CNCC1CCCN(S(=O)(=O)N(C)C2CCN(C)CC2)C1. The van der Waals surface area contributed by atoms with Crippen LogP contribution in [-0.2, 0) is 10.2 Å². The maximum atomic E-state index is 12.8. The zero-order chi connectivity index (χ0) is 15.5. The maximum Gasteiger partial charge on any atom is 0.281 e. The fraction of sp³-hybridized carbons (Fsp3) is 1.00. The number of hydrogen-bond acceptors (Lipinski definition) is 4. The Morgan fingerprint density at radius 3 is 2.48 bits per heavy atom. The van der Waals surface area contributed by atoms with Crippen LogP contribution in [0.4, 0.5) is 0 Å². The summed E-state index contributed by atoms with van der Waals surface area (Å²) in [6, 6.07) is 0.149. The molecule has 0 aromatic rings. The molecular weight excluding hydrogens is 288 g/mol. The zero-order valence-electron chi connectivity index (χ0n) is 13.6. The van der Waals surface area contributed by atoms with Crippen LogP contribution >= 0.6 is 0 Å². The predicted molar refractivity (Wildman–Crippen MR) is 85.4 cm³/mol. The third-order valence-corrected chi connectivity index (χ3v) is 6.88. The van der Waals surface area contributed by atoms with E-state index in [1.807, 2.05) is 7.05 Å². The first-order valence-corrected chi connectivity index (χ1v) is 9.41. The van der Waals surface area contributed by atoms with Gasteiger partial charge in [-0.1, -0.05) is 0 Å². The second-order valence-electron chi connectivity index (χ2n) is 6.48. The number of nitrogens with one attached hydrogen (secondary N) is 1. The van der Waals surface area contributed by atoms with Gasteiger partial charge in [0.15, 0.2) is 0 Å². The molecule has 0 amide bonds. The van der Waals surface area contributed by atoms with Crippen molar-refractivity contribution in [2.75, 3.05) is 53.9 Å². The highest BCUT2D eigenvalue weighted by Gasteiger charge is 2.35. The van der Waals surface area contributed by atoms with Crippen molar-refractivity contribution in [1.82, 2.24) is 18.8 Å². The van der Waals surface area contributed by atoms with E-state index in [1.54, 1.807) is 15.7 Å². The van der Waals surface area contributed by atoms with Crippen LogP contribution in [0, 0.1) is 5.92 Å². The minimum atomic E-state index is -3.31. The summed E-state index contributed by atoms with van der Waals surface area (Å²) in [6.07, 6.45) is 3.94. The predicted octanol–water partition coefficient (Wildman–Crippen LogP) is 0.189. The first-order chi connectivity index (χ1) is 9.95. The maximum absolute atomic E-state index is 12.8. The van der Waals surface area contributed by atoms with E-state index in [1.165, 1.54) is 0 Å². The fourth-order valence-electron chi connectivity index (χ4n) is 3.42. The molecular formula is C14H30N4O2S. The van der Waals surface area contributed by atoms with Gasteiger partial charge in [-0.05, 0) is 65.3 Å². The summed E-state index contributed by atoms with van der Waals surface area (Å²) in [7, 11) is 2.47. The average Bonchev–Trinajstić information content (AvgIpc) is 2.48. The van der Waals surface area contributed by atoms with E-state index in [0.717, 1.165) is 45.3 Å². The Labute approximate surface area is 129 Å². The lowest BCUT2D eigenvalue weighted by Gasteiger charge is -2.39. The van der Waals surface area contributed by atoms with Gasteiger partial charge in [-0.15, -0.1) is 0 Å². The Kier molecular flexibility index (Phi) is 6.02. The smallest absolute Gasteiger partial charge is 0.281 e. The van der Waals surface area contributed by atoms with E-state index in [-0.39, 0.29) is 6.04 Å². The number of piperidine rings is 2. The standard InChI is InChI=1S/C14H30N4O2S/c1-15-11-13-5-4-8-18(12-13)21(19,20)17(3)14-6-9-16(2)10-7-14/h13-15H,4-12H2,1-3H3. The Bertz CT molecular complexity index is 411. The van der Waals surface area contributed by atoms with Gasteiger partial charge in [0.2, 0.25) is 0 Å². The van der Waals surface area contributed by atoms with E-state index in [2.05, 4.69) is 17.3 Å². The van der Waals surface area contributed by atoms with Crippen LogP contribution in [0.2, 0.25) is 0 Å². The molecule has 0 bridgehead atoms. The summed E-state index contributed by atoms with van der Waals surface area (Å²) in [6.45, 7) is 4.17. The molecule has 1 unspecified atom stereocenters. The fourth-order valence-corrected chi connectivity index (χ4v) is 5.13. The Morgan fingerprint density at radius 2 is 1.86 bits per heavy atom. The second-order valence-corrected chi connectivity index (χ2v) is 8.47. The molecule has 1 atom stereocenters. The van der Waals surface area contributed by atoms with E-state index >= 15 is 0 Å². The molecule has 6 nitrogen and oxygen atoms in total. The van der Waals surface area contributed by atoms with Crippen molar-refractivity contribution in [2.24, 2.45) is 5.92 Å². The molecule has 0 aromatic heterocycles. The Hall–Kier alpha value is -0.210. The van der Waals surface area contributed by atoms with Crippen molar-refractivity contribution in [3.8, 4) is 0 Å². The van der Waals surface area contributed by atoms with Crippen molar-refractivity contribution in [3.05, 3.63) is 0 Å². The van der Waals surface area contributed by atoms with Crippen LogP contribution in [0.15, 0.2) is 0 Å². The highest BCUT2D eigenvalue weighted by molar-refractivity contribution is 7.86. The van der Waals surface area contributed by atoms with Gasteiger partial charge in [0.1, 0.15) is 0 Å². The average molecular weight is 318 g/mol. The molecule has 21 heavy (non-hydrogen) atoms. The van der Waals surface area contributed by atoms with Gasteiger partial charge < -0.3 is 10.2 Å². The quantitative estimate of drug-likeness (QED) is 0.786. The number of nitrogens with zero attached hydrogens (tertiary/aromatic N) is 3. The molecule has 0 aromatic carbocycles. The normalized spacial score (nSPS) is 27.3. The topological polar surface area (TPSA) is 55.9 Å². The molecule has 2 saturated heterocycles. The van der Waals surface area contributed by atoms with Crippen LogP contribution in [0.1, 0.15) is 25.7 Å². The highest BCUT2D eigenvalue weighted by Crippen LogP contribution is 2.24. The number of hydrogen-bond donors (Lipinski definition) is 1. The van der Waals surface area contributed by atoms with Crippen LogP contribution in [0.25, 0.3) is 0 Å². The third kappa shape index (κ3) is 4.16. The van der Waals surface area contributed by atoms with Crippen molar-refractivity contribution in [1.29, 1.82) is 0 Å². The van der Waals surface area contributed by atoms with Crippen LogP contribution in [0.3, 0.4) is 0 Å². The first-order valence-electron chi connectivity index (χ1n) is 8.01. The molecule has 2 fully saturated rings. The van der Waals surface area contributed by atoms with Crippen molar-refractivity contribution < 1.29 is 8.42 Å². The zero-order valence-corrected chi connectivity index (χ0v) is 14.4. The van der Waals surface area contributed by atoms with Crippen molar-refractivity contribution in [2.45, 2.75) is 31.7 Å². The summed E-state index contributed by atoms with van der Waals surface area (Å²) in [5.41, 5.74) is 0. The molecule has 1 N–H and O–H groups in total. The monoisotopic (exact) mass is 318 g/mol. The second kappa shape index (κ2) is 7.37. The van der Waals surface area contributed by atoms with Crippen molar-refractivity contribution >= 4 is 10.2 Å². The van der Waals surface area contributed by atoms with E-state index < -0.39 is 10.2 Å². The van der Waals surface area contributed by atoms with E-state index in [0.29, 0.717) is 19.0 Å². The minimum Gasteiger partial charge on any atom is -0.319 e. The summed E-state index contributed by atoms with van der Waals surface area (Å²) in [4.78, 5) is 2.26. The van der Waals surface area contributed by atoms with Gasteiger partial charge in [-0.25, -0.2) is 0 Å². The first kappa shape index (κ1) is 17.1. The molecule has 0 saturated carbocycles. The summed E-state index contributed by atoms with van der Waals surface area (Å²) >= 11 is 0.